The Morgan fingerprint density at radius 3 is 2.65 bits per heavy atom. The number of piperidine rings is 1. The molecule has 2 aliphatic heterocycles. The minimum absolute atomic E-state index is 0.255. The Morgan fingerprint density at radius 2 is 1.92 bits per heavy atom. The molecule has 1 aromatic carbocycles. The van der Waals surface area contributed by atoms with Gasteiger partial charge in [0.15, 0.2) is 0 Å². The molecular weight excluding hydrogens is 326 g/mol. The number of rotatable bonds is 4. The van der Waals surface area contributed by atoms with Crippen LogP contribution in [0.2, 0.25) is 0 Å². The summed E-state index contributed by atoms with van der Waals surface area (Å²) in [5.41, 5.74) is 2.92. The first-order valence-corrected chi connectivity index (χ1v) is 9.63. The lowest BCUT2D eigenvalue weighted by atomic mass is 9.86. The van der Waals surface area contributed by atoms with Gasteiger partial charge in [0.05, 0.1) is 24.6 Å². The van der Waals surface area contributed by atoms with Crippen LogP contribution in [-0.4, -0.2) is 46.3 Å². The van der Waals surface area contributed by atoms with Crippen molar-refractivity contribution in [3.05, 3.63) is 47.8 Å². The second-order valence-corrected chi connectivity index (χ2v) is 7.78. The number of nitrogens with zero attached hydrogens (tertiary/aromatic N) is 3. The Bertz CT molecular complexity index is 792. The van der Waals surface area contributed by atoms with Gasteiger partial charge in [-0.05, 0) is 57.0 Å². The molecule has 1 saturated carbocycles. The predicted octanol–water partition coefficient (Wildman–Crippen LogP) is 2.22. The Balaban J connectivity index is 1.42. The molecule has 3 fully saturated rings. The van der Waals surface area contributed by atoms with E-state index < -0.39 is 5.54 Å². The van der Waals surface area contributed by atoms with E-state index in [4.69, 9.17) is 0 Å². The van der Waals surface area contributed by atoms with Crippen molar-refractivity contribution in [1.82, 2.24) is 20.4 Å². The molecule has 1 amide bonds. The fourth-order valence-corrected chi connectivity index (χ4v) is 4.42. The molecule has 5 rings (SSSR count). The normalized spacial score (nSPS) is 22.4. The zero-order chi connectivity index (χ0) is 17.6. The van der Waals surface area contributed by atoms with Gasteiger partial charge in [0.1, 0.15) is 5.54 Å². The first kappa shape index (κ1) is 15.9. The summed E-state index contributed by atoms with van der Waals surface area (Å²) in [6, 6.07) is 12.5. The minimum atomic E-state index is -0.411. The lowest BCUT2D eigenvalue weighted by molar-refractivity contribution is -0.133. The van der Waals surface area contributed by atoms with Gasteiger partial charge in [0.2, 0.25) is 5.91 Å². The van der Waals surface area contributed by atoms with Crippen molar-refractivity contribution in [3.63, 3.8) is 0 Å². The molecule has 6 nitrogen and oxygen atoms in total. The summed E-state index contributed by atoms with van der Waals surface area (Å²) < 4.78 is 0. The van der Waals surface area contributed by atoms with Gasteiger partial charge >= 0.3 is 0 Å². The predicted molar refractivity (Wildman–Crippen MR) is 99.7 cm³/mol. The van der Waals surface area contributed by atoms with E-state index >= 15 is 0 Å². The molecular formula is C20H25N5O. The number of carbonyl (C=O) groups excluding carboxylic acids is 1. The summed E-state index contributed by atoms with van der Waals surface area (Å²) >= 11 is 0. The van der Waals surface area contributed by atoms with E-state index in [2.05, 4.69) is 38.6 Å². The number of aromatic nitrogens is 2. The number of H-pyrrole nitrogens is 1. The summed E-state index contributed by atoms with van der Waals surface area (Å²) in [5, 5.41) is 11.0. The number of amides is 1. The summed E-state index contributed by atoms with van der Waals surface area (Å²) in [5.74, 6) is 0.885. The number of para-hydroxylation sites is 1. The molecule has 3 heterocycles. The standard InChI is InChI=1S/C20H25N5O/c26-19-20(8-10-21-11-9-20)25(17-4-2-1-3-5-17)14-24(19)13-16-12-18(23-22-16)15-6-7-15/h1-5,12,15,21H,6-11,13-14H2,(H,22,23). The molecule has 0 radical (unpaired) electrons. The van der Waals surface area contributed by atoms with Crippen LogP contribution in [0.25, 0.3) is 0 Å². The maximum absolute atomic E-state index is 13.4. The first-order chi connectivity index (χ1) is 12.8. The zero-order valence-corrected chi connectivity index (χ0v) is 14.9. The van der Waals surface area contributed by atoms with E-state index in [1.165, 1.54) is 12.8 Å². The van der Waals surface area contributed by atoms with E-state index in [0.717, 1.165) is 43.0 Å². The summed E-state index contributed by atoms with van der Waals surface area (Å²) in [6.45, 7) is 3.02. The second-order valence-electron chi connectivity index (χ2n) is 7.78. The molecule has 1 aliphatic carbocycles. The third kappa shape index (κ3) is 2.60. The number of carbonyl (C=O) groups is 1. The van der Waals surface area contributed by atoms with Crippen LogP contribution < -0.4 is 10.2 Å². The van der Waals surface area contributed by atoms with Crippen LogP contribution >= 0.6 is 0 Å². The van der Waals surface area contributed by atoms with Crippen molar-refractivity contribution < 1.29 is 4.79 Å². The number of hydrogen-bond acceptors (Lipinski definition) is 4. The largest absolute Gasteiger partial charge is 0.339 e. The Kier molecular flexibility index (Phi) is 3.74. The molecule has 1 spiro atoms. The van der Waals surface area contributed by atoms with Crippen LogP contribution in [0.1, 0.15) is 43.0 Å². The van der Waals surface area contributed by atoms with Crippen LogP contribution in [-0.2, 0) is 11.3 Å². The molecule has 2 aromatic rings. The van der Waals surface area contributed by atoms with Crippen LogP contribution in [0.5, 0.6) is 0 Å². The van der Waals surface area contributed by atoms with E-state index in [-0.39, 0.29) is 5.91 Å². The number of nitrogens with one attached hydrogen (secondary N) is 2. The van der Waals surface area contributed by atoms with Crippen molar-refractivity contribution in [1.29, 1.82) is 0 Å². The molecule has 0 atom stereocenters. The Labute approximate surface area is 153 Å². The molecule has 26 heavy (non-hydrogen) atoms. The van der Waals surface area contributed by atoms with Gasteiger partial charge in [-0.25, -0.2) is 0 Å². The van der Waals surface area contributed by atoms with Gasteiger partial charge in [-0.15, -0.1) is 0 Å². The SMILES string of the molecule is O=C1N(Cc2cc(C3CC3)n[nH]2)CN(c2ccccc2)C12CCNCC2. The molecule has 2 N–H and O–H groups in total. The number of hydrogen-bond donors (Lipinski definition) is 2. The smallest absolute Gasteiger partial charge is 0.250 e. The molecule has 0 bridgehead atoms. The molecule has 0 unspecified atom stereocenters. The molecule has 6 heteroatoms. The number of aromatic amines is 1. The lowest BCUT2D eigenvalue weighted by Crippen LogP contribution is -2.55. The Hall–Kier alpha value is -2.34. The maximum atomic E-state index is 13.4. The van der Waals surface area contributed by atoms with E-state index in [1.807, 2.05) is 23.1 Å². The average Bonchev–Trinajstić information content (AvgIpc) is 3.39. The van der Waals surface area contributed by atoms with Gasteiger partial charge in [0.25, 0.3) is 0 Å². The zero-order valence-electron chi connectivity index (χ0n) is 14.9. The van der Waals surface area contributed by atoms with E-state index in [9.17, 15) is 4.79 Å². The summed E-state index contributed by atoms with van der Waals surface area (Å²) in [4.78, 5) is 17.7. The van der Waals surface area contributed by atoms with Crippen LogP contribution in [0.15, 0.2) is 36.4 Å². The Morgan fingerprint density at radius 1 is 1.15 bits per heavy atom. The van der Waals surface area contributed by atoms with Crippen molar-refractivity contribution in [3.8, 4) is 0 Å². The summed E-state index contributed by atoms with van der Waals surface area (Å²) in [6.07, 6.45) is 4.19. The topological polar surface area (TPSA) is 64.3 Å². The van der Waals surface area contributed by atoms with Crippen LogP contribution in [0.3, 0.4) is 0 Å². The fourth-order valence-electron chi connectivity index (χ4n) is 4.42. The lowest BCUT2D eigenvalue weighted by Gasteiger charge is -2.40. The monoisotopic (exact) mass is 351 g/mol. The molecule has 136 valence electrons. The molecule has 3 aliphatic rings. The van der Waals surface area contributed by atoms with Gasteiger partial charge < -0.3 is 15.1 Å². The fraction of sp³-hybridized carbons (Fsp3) is 0.500. The highest BCUT2D eigenvalue weighted by molar-refractivity contribution is 5.93. The summed E-state index contributed by atoms with van der Waals surface area (Å²) in [7, 11) is 0. The third-order valence-electron chi connectivity index (χ3n) is 6.02. The highest BCUT2D eigenvalue weighted by atomic mass is 16.2. The van der Waals surface area contributed by atoms with E-state index in [1.54, 1.807) is 0 Å². The van der Waals surface area contributed by atoms with Crippen molar-refractivity contribution in [2.24, 2.45) is 0 Å². The van der Waals surface area contributed by atoms with Crippen molar-refractivity contribution >= 4 is 11.6 Å². The quantitative estimate of drug-likeness (QED) is 0.887. The van der Waals surface area contributed by atoms with Crippen LogP contribution in [0.4, 0.5) is 5.69 Å². The number of anilines is 1. The maximum Gasteiger partial charge on any atom is 0.250 e. The van der Waals surface area contributed by atoms with E-state index in [0.29, 0.717) is 19.1 Å². The van der Waals surface area contributed by atoms with Gasteiger partial charge in [-0.3, -0.25) is 9.89 Å². The third-order valence-corrected chi connectivity index (χ3v) is 6.02. The van der Waals surface area contributed by atoms with Crippen LogP contribution in [0, 0.1) is 0 Å². The van der Waals surface area contributed by atoms with Gasteiger partial charge in [-0.1, -0.05) is 18.2 Å². The molecule has 1 aromatic heterocycles. The minimum Gasteiger partial charge on any atom is -0.339 e. The first-order valence-electron chi connectivity index (χ1n) is 9.63. The highest BCUT2D eigenvalue weighted by Crippen LogP contribution is 2.40. The van der Waals surface area contributed by atoms with Crippen molar-refractivity contribution in [2.45, 2.75) is 43.7 Å². The molecule has 2 saturated heterocycles. The highest BCUT2D eigenvalue weighted by Gasteiger charge is 2.52. The van der Waals surface area contributed by atoms with Gasteiger partial charge in [0, 0.05) is 11.6 Å². The second kappa shape index (κ2) is 6.13. The van der Waals surface area contributed by atoms with Gasteiger partial charge in [-0.2, -0.15) is 5.10 Å². The average molecular weight is 351 g/mol. The van der Waals surface area contributed by atoms with Crippen molar-refractivity contribution in [2.75, 3.05) is 24.7 Å². The number of benzene rings is 1.